The van der Waals surface area contributed by atoms with E-state index >= 15 is 0 Å². The molecule has 0 saturated carbocycles. The van der Waals surface area contributed by atoms with Gasteiger partial charge in [-0.25, -0.2) is 0 Å². The predicted octanol–water partition coefficient (Wildman–Crippen LogP) is 3.99. The molecule has 1 aromatic heterocycles. The van der Waals surface area contributed by atoms with Crippen molar-refractivity contribution in [1.29, 1.82) is 0 Å². The summed E-state index contributed by atoms with van der Waals surface area (Å²) in [5, 5.41) is 0. The molecule has 17 heavy (non-hydrogen) atoms. The third-order valence-corrected chi connectivity index (χ3v) is 3.36. The molecule has 0 N–H and O–H groups in total. The fraction of sp³-hybridized carbons (Fsp3) is 0.267. The molecule has 2 nitrogen and oxygen atoms in total. The van der Waals surface area contributed by atoms with E-state index in [2.05, 4.69) is 33.8 Å². The summed E-state index contributed by atoms with van der Waals surface area (Å²) in [6.07, 6.45) is 0.733. The number of aldehydes is 1. The Bertz CT molecular complexity index is 551. The van der Waals surface area contributed by atoms with Crippen molar-refractivity contribution >= 4 is 6.29 Å². The first kappa shape index (κ1) is 11.6. The summed E-state index contributed by atoms with van der Waals surface area (Å²) < 4.78 is 5.52. The number of hydrogen-bond donors (Lipinski definition) is 0. The van der Waals surface area contributed by atoms with E-state index in [-0.39, 0.29) is 0 Å². The molecule has 0 spiro atoms. The standard InChI is InChI=1S/C15H16O2/c1-9-7-10(2)12(4)15(11(9)3)14-6-5-13(8-16)17-14/h5-8H,1-4H3. The smallest absolute Gasteiger partial charge is 0.185 e. The Kier molecular flexibility index (Phi) is 2.88. The second-order valence-electron chi connectivity index (χ2n) is 4.46. The molecule has 2 aromatic rings. The summed E-state index contributed by atoms with van der Waals surface area (Å²) >= 11 is 0. The maximum absolute atomic E-state index is 10.7. The Hall–Kier alpha value is -1.83. The van der Waals surface area contributed by atoms with Crippen LogP contribution in [0.3, 0.4) is 0 Å². The molecular weight excluding hydrogens is 212 g/mol. The summed E-state index contributed by atoms with van der Waals surface area (Å²) in [6.45, 7) is 8.35. The van der Waals surface area contributed by atoms with Crippen molar-refractivity contribution in [3.8, 4) is 11.3 Å². The molecule has 0 bridgehead atoms. The quantitative estimate of drug-likeness (QED) is 0.727. The maximum atomic E-state index is 10.7. The number of aryl methyl sites for hydroxylation is 2. The van der Waals surface area contributed by atoms with Crippen molar-refractivity contribution in [2.75, 3.05) is 0 Å². The summed E-state index contributed by atoms with van der Waals surface area (Å²) in [7, 11) is 0. The molecule has 88 valence electrons. The topological polar surface area (TPSA) is 30.2 Å². The van der Waals surface area contributed by atoms with Crippen LogP contribution >= 0.6 is 0 Å². The fourth-order valence-corrected chi connectivity index (χ4v) is 2.14. The molecule has 0 unspecified atom stereocenters. The molecule has 2 heteroatoms. The average Bonchev–Trinajstić information content (AvgIpc) is 2.75. The van der Waals surface area contributed by atoms with Gasteiger partial charge in [-0.1, -0.05) is 6.07 Å². The molecule has 2 rings (SSSR count). The van der Waals surface area contributed by atoms with Crippen molar-refractivity contribution < 1.29 is 9.21 Å². The molecule has 0 atom stereocenters. The van der Waals surface area contributed by atoms with Crippen LogP contribution in [0, 0.1) is 27.7 Å². The average molecular weight is 228 g/mol. The minimum atomic E-state index is 0.373. The Morgan fingerprint density at radius 1 is 1.00 bits per heavy atom. The number of carbonyl (C=O) groups excluding carboxylic acids is 1. The Morgan fingerprint density at radius 2 is 1.59 bits per heavy atom. The lowest BCUT2D eigenvalue weighted by molar-refractivity contribution is 0.110. The molecule has 1 aromatic carbocycles. The summed E-state index contributed by atoms with van der Waals surface area (Å²) in [5.74, 6) is 1.15. The van der Waals surface area contributed by atoms with Crippen molar-refractivity contribution in [3.63, 3.8) is 0 Å². The van der Waals surface area contributed by atoms with Gasteiger partial charge in [-0.2, -0.15) is 0 Å². The van der Waals surface area contributed by atoms with Gasteiger partial charge >= 0.3 is 0 Å². The van der Waals surface area contributed by atoms with Gasteiger partial charge in [0.2, 0.25) is 0 Å². The van der Waals surface area contributed by atoms with Crippen LogP contribution in [0.1, 0.15) is 32.8 Å². The fourth-order valence-electron chi connectivity index (χ4n) is 2.14. The van der Waals surface area contributed by atoms with Crippen molar-refractivity contribution in [3.05, 3.63) is 46.2 Å². The number of benzene rings is 1. The van der Waals surface area contributed by atoms with E-state index in [9.17, 15) is 4.79 Å². The first-order valence-electron chi connectivity index (χ1n) is 5.67. The lowest BCUT2D eigenvalue weighted by Gasteiger charge is -2.13. The molecule has 0 aliphatic carbocycles. The third-order valence-electron chi connectivity index (χ3n) is 3.36. The summed E-state index contributed by atoms with van der Waals surface area (Å²) in [6, 6.07) is 5.74. The summed E-state index contributed by atoms with van der Waals surface area (Å²) in [5.41, 5.74) is 6.01. The molecule has 0 fully saturated rings. The lowest BCUT2D eigenvalue weighted by Crippen LogP contribution is -1.94. The van der Waals surface area contributed by atoms with Crippen molar-refractivity contribution in [1.82, 2.24) is 0 Å². The summed E-state index contributed by atoms with van der Waals surface area (Å²) in [4.78, 5) is 10.7. The van der Waals surface area contributed by atoms with Gasteiger partial charge in [0, 0.05) is 5.56 Å². The molecule has 0 saturated heterocycles. The van der Waals surface area contributed by atoms with Crippen LogP contribution in [0.15, 0.2) is 22.6 Å². The van der Waals surface area contributed by atoms with E-state index in [0.717, 1.165) is 17.6 Å². The van der Waals surface area contributed by atoms with E-state index in [1.165, 1.54) is 22.3 Å². The van der Waals surface area contributed by atoms with Crippen molar-refractivity contribution in [2.24, 2.45) is 0 Å². The minimum absolute atomic E-state index is 0.373. The van der Waals surface area contributed by atoms with Crippen LogP contribution in [0.4, 0.5) is 0 Å². The maximum Gasteiger partial charge on any atom is 0.185 e. The van der Waals surface area contributed by atoms with Crippen LogP contribution in [0.5, 0.6) is 0 Å². The highest BCUT2D eigenvalue weighted by Crippen LogP contribution is 2.32. The van der Waals surface area contributed by atoms with Crippen molar-refractivity contribution in [2.45, 2.75) is 27.7 Å². The van der Waals surface area contributed by atoms with Gasteiger partial charge < -0.3 is 4.42 Å². The first-order chi connectivity index (χ1) is 8.04. The zero-order valence-electron chi connectivity index (χ0n) is 10.6. The van der Waals surface area contributed by atoms with Crippen LogP contribution in [-0.4, -0.2) is 6.29 Å². The molecule has 0 amide bonds. The molecule has 0 aliphatic rings. The van der Waals surface area contributed by atoms with Crippen LogP contribution in [0.2, 0.25) is 0 Å². The predicted molar refractivity (Wildman–Crippen MR) is 68.5 cm³/mol. The second kappa shape index (κ2) is 4.21. The van der Waals surface area contributed by atoms with E-state index in [1.807, 2.05) is 6.07 Å². The van der Waals surface area contributed by atoms with E-state index in [0.29, 0.717) is 5.76 Å². The van der Waals surface area contributed by atoms with Crippen LogP contribution < -0.4 is 0 Å². The zero-order chi connectivity index (χ0) is 12.6. The minimum Gasteiger partial charge on any atom is -0.453 e. The first-order valence-corrected chi connectivity index (χ1v) is 5.67. The van der Waals surface area contributed by atoms with Crippen LogP contribution in [0.25, 0.3) is 11.3 Å². The van der Waals surface area contributed by atoms with Crippen LogP contribution in [-0.2, 0) is 0 Å². The van der Waals surface area contributed by atoms with Gasteiger partial charge in [-0.05, 0) is 62.1 Å². The van der Waals surface area contributed by atoms with E-state index in [4.69, 9.17) is 4.42 Å². The van der Waals surface area contributed by atoms with Gasteiger partial charge in [-0.15, -0.1) is 0 Å². The molecule has 0 radical (unpaired) electrons. The molecular formula is C15H16O2. The number of carbonyl (C=O) groups is 1. The second-order valence-corrected chi connectivity index (χ2v) is 4.46. The molecule has 0 aliphatic heterocycles. The number of rotatable bonds is 2. The Morgan fingerprint density at radius 3 is 2.06 bits per heavy atom. The highest BCUT2D eigenvalue weighted by atomic mass is 16.3. The highest BCUT2D eigenvalue weighted by Gasteiger charge is 2.13. The SMILES string of the molecule is Cc1cc(C)c(C)c(-c2ccc(C=O)o2)c1C. The Labute approximate surface area is 101 Å². The number of furan rings is 1. The Balaban J connectivity index is 2.69. The normalized spacial score (nSPS) is 10.6. The van der Waals surface area contributed by atoms with E-state index in [1.54, 1.807) is 6.07 Å². The monoisotopic (exact) mass is 228 g/mol. The van der Waals surface area contributed by atoms with Gasteiger partial charge in [0.05, 0.1) is 0 Å². The zero-order valence-corrected chi connectivity index (χ0v) is 10.6. The number of hydrogen-bond acceptors (Lipinski definition) is 2. The van der Waals surface area contributed by atoms with Gasteiger partial charge in [-0.3, -0.25) is 4.79 Å². The van der Waals surface area contributed by atoms with Gasteiger partial charge in [0.15, 0.2) is 12.0 Å². The lowest BCUT2D eigenvalue weighted by atomic mass is 9.93. The van der Waals surface area contributed by atoms with Gasteiger partial charge in [0.25, 0.3) is 0 Å². The van der Waals surface area contributed by atoms with E-state index < -0.39 is 0 Å². The highest BCUT2D eigenvalue weighted by molar-refractivity contribution is 5.75. The molecule has 1 heterocycles. The third kappa shape index (κ3) is 1.91. The van der Waals surface area contributed by atoms with Gasteiger partial charge in [0.1, 0.15) is 5.76 Å². The largest absolute Gasteiger partial charge is 0.453 e.